The minimum Gasteiger partial charge on any atom is -0.374 e. The molecule has 222 valence electrons. The van der Waals surface area contributed by atoms with Crippen LogP contribution in [0.3, 0.4) is 0 Å². The molecule has 0 unspecified atom stereocenters. The van der Waals surface area contributed by atoms with Crippen LogP contribution in [0.1, 0.15) is 69.4 Å². The molecular formula is C31H54O6Si2. The third kappa shape index (κ3) is 13.2. The second-order valence-corrected chi connectivity index (χ2v) is 14.8. The first-order valence-corrected chi connectivity index (χ1v) is 18.5. The van der Waals surface area contributed by atoms with Crippen molar-refractivity contribution < 1.29 is 26.6 Å². The minimum atomic E-state index is -2.51. The first-order chi connectivity index (χ1) is 18.7. The van der Waals surface area contributed by atoms with E-state index in [0.717, 1.165) is 24.9 Å². The molecule has 0 radical (unpaired) electrons. The fourth-order valence-electron chi connectivity index (χ4n) is 4.31. The summed E-state index contributed by atoms with van der Waals surface area (Å²) in [5.74, 6) is 0. The van der Waals surface area contributed by atoms with Crippen molar-refractivity contribution in [3.63, 3.8) is 0 Å². The van der Waals surface area contributed by atoms with Gasteiger partial charge in [-0.2, -0.15) is 0 Å². The van der Waals surface area contributed by atoms with Gasteiger partial charge in [-0.3, -0.25) is 0 Å². The van der Waals surface area contributed by atoms with E-state index in [0.29, 0.717) is 39.6 Å². The summed E-state index contributed by atoms with van der Waals surface area (Å²) < 4.78 is 35.2. The molecular weight excluding hydrogens is 525 g/mol. The van der Waals surface area contributed by atoms with Gasteiger partial charge in [0.2, 0.25) is 0 Å². The summed E-state index contributed by atoms with van der Waals surface area (Å²) in [7, 11) is -5.00. The van der Waals surface area contributed by atoms with Crippen molar-refractivity contribution in [1.29, 1.82) is 0 Å². The molecule has 8 heteroatoms. The van der Waals surface area contributed by atoms with Crippen LogP contribution in [-0.4, -0.2) is 57.3 Å². The summed E-state index contributed by atoms with van der Waals surface area (Å²) in [5.41, 5.74) is 6.58. The Bertz CT molecular complexity index is 872. The minimum absolute atomic E-state index is 0.638. The summed E-state index contributed by atoms with van der Waals surface area (Å²) >= 11 is 0. The smallest absolute Gasteiger partial charge is 0.374 e. The quantitative estimate of drug-likeness (QED) is 0.171. The van der Waals surface area contributed by atoms with Crippen molar-refractivity contribution in [2.75, 3.05) is 39.6 Å². The van der Waals surface area contributed by atoms with E-state index < -0.39 is 17.6 Å². The third-order valence-corrected chi connectivity index (χ3v) is 12.4. The molecule has 0 amide bonds. The normalized spacial score (nSPS) is 11.8. The van der Waals surface area contributed by atoms with E-state index in [9.17, 15) is 0 Å². The summed E-state index contributed by atoms with van der Waals surface area (Å²) in [5, 5.41) is 0. The van der Waals surface area contributed by atoms with Gasteiger partial charge in [-0.25, -0.2) is 0 Å². The fourth-order valence-corrected chi connectivity index (χ4v) is 9.51. The van der Waals surface area contributed by atoms with Crippen molar-refractivity contribution in [2.24, 2.45) is 0 Å². The van der Waals surface area contributed by atoms with Crippen LogP contribution in [0.4, 0.5) is 0 Å². The molecule has 39 heavy (non-hydrogen) atoms. The summed E-state index contributed by atoms with van der Waals surface area (Å²) in [6.45, 7) is 22.2. The van der Waals surface area contributed by atoms with Crippen LogP contribution in [0, 0.1) is 20.8 Å². The molecule has 0 heterocycles. The van der Waals surface area contributed by atoms with Crippen LogP contribution in [0.25, 0.3) is 0 Å². The zero-order valence-corrected chi connectivity index (χ0v) is 28.1. The lowest BCUT2D eigenvalue weighted by atomic mass is 10.1. The van der Waals surface area contributed by atoms with Gasteiger partial charge in [0.25, 0.3) is 0 Å². The van der Waals surface area contributed by atoms with Gasteiger partial charge < -0.3 is 26.6 Å². The first kappa shape index (κ1) is 35.7. The van der Waals surface area contributed by atoms with E-state index in [1.807, 2.05) is 41.5 Å². The number of benzene rings is 2. The van der Waals surface area contributed by atoms with E-state index in [1.165, 1.54) is 27.8 Å². The maximum atomic E-state index is 5.88. The molecule has 0 saturated carbocycles. The van der Waals surface area contributed by atoms with E-state index >= 15 is 0 Å². The lowest BCUT2D eigenvalue weighted by molar-refractivity contribution is 0.0706. The number of aryl methyl sites for hydroxylation is 5. The molecule has 0 atom stereocenters. The molecule has 6 nitrogen and oxygen atoms in total. The van der Waals surface area contributed by atoms with Crippen molar-refractivity contribution in [3.05, 3.63) is 70.3 Å². The van der Waals surface area contributed by atoms with Gasteiger partial charge in [-0.15, -0.1) is 0 Å². The Morgan fingerprint density at radius 1 is 0.462 bits per heavy atom. The maximum absolute atomic E-state index is 5.88. The molecule has 0 aliphatic rings. The second kappa shape index (κ2) is 19.7. The zero-order valence-electron chi connectivity index (χ0n) is 26.1. The molecule has 0 saturated heterocycles. The highest BCUT2D eigenvalue weighted by molar-refractivity contribution is 6.61. The molecule has 0 spiro atoms. The average Bonchev–Trinajstić information content (AvgIpc) is 2.90. The number of hydrogen-bond donors (Lipinski definition) is 0. The van der Waals surface area contributed by atoms with Gasteiger partial charge in [0.1, 0.15) is 0 Å². The van der Waals surface area contributed by atoms with E-state index in [1.54, 1.807) is 0 Å². The molecule has 0 fully saturated rings. The van der Waals surface area contributed by atoms with Crippen LogP contribution >= 0.6 is 0 Å². The highest BCUT2D eigenvalue weighted by atomic mass is 28.4. The van der Waals surface area contributed by atoms with Gasteiger partial charge in [-0.1, -0.05) is 48.0 Å². The topological polar surface area (TPSA) is 55.4 Å². The van der Waals surface area contributed by atoms with Crippen LogP contribution in [-0.2, 0) is 39.4 Å². The first-order valence-electron chi connectivity index (χ1n) is 14.7. The molecule has 0 bridgehead atoms. The second-order valence-electron chi connectivity index (χ2n) is 9.37. The molecule has 2 aromatic rings. The van der Waals surface area contributed by atoms with Gasteiger partial charge in [-0.05, 0) is 97.4 Å². The molecule has 2 aromatic carbocycles. The van der Waals surface area contributed by atoms with Gasteiger partial charge in [0, 0.05) is 51.7 Å². The number of rotatable bonds is 18. The SMILES string of the molecule is CCO[Si](CCc1ccc(C)c(C)c1)(OCC)OCC.CCO[Si](CCc1ccc(C)cc1)(OCC)OCC. The van der Waals surface area contributed by atoms with Crippen LogP contribution in [0.5, 0.6) is 0 Å². The highest BCUT2D eigenvalue weighted by Gasteiger charge is 2.40. The largest absolute Gasteiger partial charge is 0.501 e. The predicted octanol–water partition coefficient (Wildman–Crippen LogP) is 7.48. The van der Waals surface area contributed by atoms with E-state index in [4.69, 9.17) is 26.6 Å². The molecule has 0 aliphatic carbocycles. The van der Waals surface area contributed by atoms with Gasteiger partial charge in [0.15, 0.2) is 0 Å². The van der Waals surface area contributed by atoms with Crippen LogP contribution < -0.4 is 0 Å². The maximum Gasteiger partial charge on any atom is 0.501 e. The average molecular weight is 579 g/mol. The predicted molar refractivity (Wildman–Crippen MR) is 165 cm³/mol. The summed E-state index contributed by atoms with van der Waals surface area (Å²) in [6.07, 6.45) is 1.87. The lowest BCUT2D eigenvalue weighted by Gasteiger charge is -2.28. The van der Waals surface area contributed by atoms with Gasteiger partial charge in [0.05, 0.1) is 0 Å². The van der Waals surface area contributed by atoms with Crippen molar-refractivity contribution in [1.82, 2.24) is 0 Å². The highest BCUT2D eigenvalue weighted by Crippen LogP contribution is 2.21. The van der Waals surface area contributed by atoms with Crippen molar-refractivity contribution >= 4 is 17.6 Å². The van der Waals surface area contributed by atoms with E-state index in [-0.39, 0.29) is 0 Å². The summed E-state index contributed by atoms with van der Waals surface area (Å²) in [4.78, 5) is 0. The summed E-state index contributed by atoms with van der Waals surface area (Å²) in [6, 6.07) is 16.9. The standard InChI is InChI=1S/C16H28O3Si.C15H26O3Si/c1-6-17-20(18-7-2,19-8-3)12-11-16-10-9-14(4)15(5)13-16;1-5-16-19(17-6-2,18-7-3)13-12-15-10-8-14(4)9-11-15/h9-10,13H,6-8,11-12H2,1-5H3;8-11H,5-7,12-13H2,1-4H3. The monoisotopic (exact) mass is 578 g/mol. The number of hydrogen-bond acceptors (Lipinski definition) is 6. The van der Waals surface area contributed by atoms with Crippen LogP contribution in [0.2, 0.25) is 12.1 Å². The van der Waals surface area contributed by atoms with Crippen molar-refractivity contribution in [3.8, 4) is 0 Å². The Hall–Kier alpha value is -1.37. The van der Waals surface area contributed by atoms with E-state index in [2.05, 4.69) is 63.2 Å². The van der Waals surface area contributed by atoms with Crippen molar-refractivity contribution in [2.45, 2.75) is 87.2 Å². The molecule has 0 aliphatic heterocycles. The zero-order chi connectivity index (χ0) is 29.2. The third-order valence-electron chi connectivity index (χ3n) is 6.32. The molecule has 2 rings (SSSR count). The molecule has 0 aromatic heterocycles. The Balaban J connectivity index is 0.000000391. The Morgan fingerprint density at radius 3 is 1.18 bits per heavy atom. The van der Waals surface area contributed by atoms with Crippen LogP contribution in [0.15, 0.2) is 42.5 Å². The van der Waals surface area contributed by atoms with Gasteiger partial charge >= 0.3 is 17.6 Å². The Morgan fingerprint density at radius 2 is 0.821 bits per heavy atom. The molecule has 0 N–H and O–H groups in total. The Labute approximate surface area is 241 Å². The lowest BCUT2D eigenvalue weighted by Crippen LogP contribution is -2.46. The fraction of sp³-hybridized carbons (Fsp3) is 0.613. The Kier molecular flexibility index (Phi) is 18.0.